The van der Waals surface area contributed by atoms with E-state index >= 15 is 0 Å². The maximum Gasteiger partial charge on any atom is 0.135 e. The molecule has 0 aliphatic heterocycles. The lowest BCUT2D eigenvalue weighted by atomic mass is 10.1. The van der Waals surface area contributed by atoms with E-state index < -0.39 is 0 Å². The van der Waals surface area contributed by atoms with Crippen molar-refractivity contribution in [2.24, 2.45) is 5.73 Å². The third-order valence-electron chi connectivity index (χ3n) is 1.79. The first-order valence-corrected chi connectivity index (χ1v) is 5.21. The number of aryl methyl sites for hydroxylation is 1. The summed E-state index contributed by atoms with van der Waals surface area (Å²) in [6.45, 7) is 6.20. The molecule has 1 rings (SSSR count). The molecule has 0 atom stereocenters. The van der Waals surface area contributed by atoms with Gasteiger partial charge in [-0.1, -0.05) is 20.8 Å². The van der Waals surface area contributed by atoms with E-state index in [0.717, 1.165) is 22.0 Å². The summed E-state index contributed by atoms with van der Waals surface area (Å²) < 4.78 is 0. The summed E-state index contributed by atoms with van der Waals surface area (Å²) in [5.74, 6) is 0.483. The van der Waals surface area contributed by atoms with E-state index in [1.807, 2.05) is 0 Å². The van der Waals surface area contributed by atoms with Crippen LogP contribution < -0.4 is 5.73 Å². The molecule has 0 saturated heterocycles. The number of amidine groups is 1. The van der Waals surface area contributed by atoms with Gasteiger partial charge in [0.2, 0.25) is 0 Å². The van der Waals surface area contributed by atoms with Crippen molar-refractivity contribution in [3.8, 4) is 0 Å². The van der Waals surface area contributed by atoms with Crippen molar-refractivity contribution in [1.82, 2.24) is 4.98 Å². The molecule has 1 aromatic rings. The van der Waals surface area contributed by atoms with Gasteiger partial charge in [-0.25, -0.2) is 4.98 Å². The third-order valence-corrected chi connectivity index (χ3v) is 3.04. The van der Waals surface area contributed by atoms with E-state index in [1.54, 1.807) is 0 Å². The standard InChI is InChI=1S/C9H15N3S/c1-4-6-12-7(5(2)3)8(13-6)9(10)11/h5H,4H2,1-3H3,(H3,10,11). The molecule has 4 heteroatoms. The quantitative estimate of drug-likeness (QED) is 0.576. The molecule has 3 nitrogen and oxygen atoms in total. The monoisotopic (exact) mass is 197 g/mol. The van der Waals surface area contributed by atoms with E-state index in [0.29, 0.717) is 5.92 Å². The largest absolute Gasteiger partial charge is 0.383 e. The van der Waals surface area contributed by atoms with Gasteiger partial charge in [-0.15, -0.1) is 11.3 Å². The lowest BCUT2D eigenvalue weighted by Crippen LogP contribution is -2.12. The van der Waals surface area contributed by atoms with Gasteiger partial charge in [0, 0.05) is 0 Å². The van der Waals surface area contributed by atoms with E-state index in [9.17, 15) is 0 Å². The zero-order valence-corrected chi connectivity index (χ0v) is 9.03. The Hall–Kier alpha value is -0.900. The summed E-state index contributed by atoms with van der Waals surface area (Å²) in [6, 6.07) is 0. The molecule has 1 aromatic heterocycles. The molecule has 0 radical (unpaired) electrons. The molecule has 1 heterocycles. The van der Waals surface area contributed by atoms with Crippen molar-refractivity contribution in [3.05, 3.63) is 15.6 Å². The van der Waals surface area contributed by atoms with Crippen molar-refractivity contribution in [3.63, 3.8) is 0 Å². The van der Waals surface area contributed by atoms with Crippen LogP contribution in [0.2, 0.25) is 0 Å². The fourth-order valence-electron chi connectivity index (χ4n) is 1.11. The van der Waals surface area contributed by atoms with E-state index in [1.165, 1.54) is 11.3 Å². The minimum atomic E-state index is 0.140. The predicted octanol–water partition coefficient (Wildman–Crippen LogP) is 2.11. The third kappa shape index (κ3) is 2.06. The van der Waals surface area contributed by atoms with Crippen LogP contribution in [0.25, 0.3) is 0 Å². The van der Waals surface area contributed by atoms with Crippen LogP contribution in [0.5, 0.6) is 0 Å². The van der Waals surface area contributed by atoms with Crippen molar-refractivity contribution < 1.29 is 0 Å². The van der Waals surface area contributed by atoms with Crippen LogP contribution >= 0.6 is 11.3 Å². The topological polar surface area (TPSA) is 62.8 Å². The zero-order chi connectivity index (χ0) is 10.0. The van der Waals surface area contributed by atoms with Crippen LogP contribution in [0, 0.1) is 5.41 Å². The molecule has 3 N–H and O–H groups in total. The minimum Gasteiger partial charge on any atom is -0.383 e. The molecule has 0 amide bonds. The molecular weight excluding hydrogens is 182 g/mol. The molecule has 0 aliphatic carbocycles. The van der Waals surface area contributed by atoms with Crippen LogP contribution in [-0.4, -0.2) is 10.8 Å². The number of aromatic nitrogens is 1. The average molecular weight is 197 g/mol. The molecule has 0 saturated carbocycles. The number of nitrogens with two attached hydrogens (primary N) is 1. The Labute approximate surface area is 82.5 Å². The normalized spacial score (nSPS) is 10.8. The molecule has 0 unspecified atom stereocenters. The lowest BCUT2D eigenvalue weighted by molar-refractivity contribution is 0.821. The first-order chi connectivity index (χ1) is 6.06. The summed E-state index contributed by atoms with van der Waals surface area (Å²) in [7, 11) is 0. The molecular formula is C9H15N3S. The van der Waals surface area contributed by atoms with Crippen LogP contribution in [0.3, 0.4) is 0 Å². The average Bonchev–Trinajstić information content (AvgIpc) is 2.47. The van der Waals surface area contributed by atoms with Gasteiger partial charge in [0.05, 0.1) is 15.6 Å². The highest BCUT2D eigenvalue weighted by Crippen LogP contribution is 2.24. The second kappa shape index (κ2) is 3.87. The maximum absolute atomic E-state index is 7.41. The number of nitrogens with zero attached hydrogens (tertiary/aromatic N) is 1. The van der Waals surface area contributed by atoms with Gasteiger partial charge in [0.25, 0.3) is 0 Å². The fraction of sp³-hybridized carbons (Fsp3) is 0.556. The van der Waals surface area contributed by atoms with Crippen molar-refractivity contribution in [2.75, 3.05) is 0 Å². The molecule has 13 heavy (non-hydrogen) atoms. The minimum absolute atomic E-state index is 0.140. The van der Waals surface area contributed by atoms with Crippen molar-refractivity contribution in [1.29, 1.82) is 5.41 Å². The SMILES string of the molecule is CCc1nc(C(C)C)c(C(=N)N)s1. The Bertz CT molecular complexity index is 315. The highest BCUT2D eigenvalue weighted by Gasteiger charge is 2.14. The zero-order valence-electron chi connectivity index (χ0n) is 8.22. The van der Waals surface area contributed by atoms with Gasteiger partial charge in [0.1, 0.15) is 5.84 Å². The predicted molar refractivity (Wildman–Crippen MR) is 56.6 cm³/mol. The van der Waals surface area contributed by atoms with Crippen LogP contribution in [0.4, 0.5) is 0 Å². The lowest BCUT2D eigenvalue weighted by Gasteiger charge is -2.02. The Morgan fingerprint density at radius 3 is 2.54 bits per heavy atom. The van der Waals surface area contributed by atoms with E-state index in [2.05, 4.69) is 25.8 Å². The molecule has 0 spiro atoms. The smallest absolute Gasteiger partial charge is 0.135 e. The van der Waals surface area contributed by atoms with Gasteiger partial charge in [-0.3, -0.25) is 5.41 Å². The number of thiazole rings is 1. The van der Waals surface area contributed by atoms with Crippen LogP contribution in [0.15, 0.2) is 0 Å². The second-order valence-corrected chi connectivity index (χ2v) is 4.33. The first-order valence-electron chi connectivity index (χ1n) is 4.40. The number of hydrogen-bond acceptors (Lipinski definition) is 3. The summed E-state index contributed by atoms with van der Waals surface area (Å²) in [6.07, 6.45) is 0.914. The molecule has 72 valence electrons. The first kappa shape index (κ1) is 10.2. The van der Waals surface area contributed by atoms with Gasteiger partial charge >= 0.3 is 0 Å². The van der Waals surface area contributed by atoms with E-state index in [-0.39, 0.29) is 5.84 Å². The molecule has 0 bridgehead atoms. The highest BCUT2D eigenvalue weighted by molar-refractivity contribution is 7.13. The van der Waals surface area contributed by atoms with Crippen molar-refractivity contribution in [2.45, 2.75) is 33.1 Å². The number of nitrogens with one attached hydrogen (secondary N) is 1. The molecule has 0 fully saturated rings. The number of rotatable bonds is 3. The van der Waals surface area contributed by atoms with Crippen molar-refractivity contribution >= 4 is 17.2 Å². The van der Waals surface area contributed by atoms with Crippen LogP contribution in [0.1, 0.15) is 42.3 Å². The maximum atomic E-state index is 7.41. The summed E-state index contributed by atoms with van der Waals surface area (Å²) in [4.78, 5) is 5.29. The molecule has 0 aromatic carbocycles. The van der Waals surface area contributed by atoms with E-state index in [4.69, 9.17) is 11.1 Å². The van der Waals surface area contributed by atoms with Gasteiger partial charge in [0.15, 0.2) is 0 Å². The molecule has 0 aliphatic rings. The van der Waals surface area contributed by atoms with Gasteiger partial charge in [-0.2, -0.15) is 0 Å². The van der Waals surface area contributed by atoms with Gasteiger partial charge < -0.3 is 5.73 Å². The number of nitrogen functional groups attached to an aromatic ring is 1. The Balaban J connectivity index is 3.15. The Morgan fingerprint density at radius 2 is 2.23 bits per heavy atom. The van der Waals surface area contributed by atoms with Gasteiger partial charge in [-0.05, 0) is 12.3 Å². The highest BCUT2D eigenvalue weighted by atomic mass is 32.1. The van der Waals surface area contributed by atoms with Crippen LogP contribution in [-0.2, 0) is 6.42 Å². The Kier molecular flexibility index (Phi) is 3.03. The Morgan fingerprint density at radius 1 is 1.62 bits per heavy atom. The summed E-state index contributed by atoms with van der Waals surface area (Å²) >= 11 is 1.54. The fourth-order valence-corrected chi connectivity index (χ4v) is 2.13. The summed E-state index contributed by atoms with van der Waals surface area (Å²) in [5, 5.41) is 8.47. The second-order valence-electron chi connectivity index (χ2n) is 3.24. The number of hydrogen-bond donors (Lipinski definition) is 2. The summed E-state index contributed by atoms with van der Waals surface area (Å²) in [5.41, 5.74) is 6.44.